The molecular formula is C29H29ClO5. The number of halogens is 1. The summed E-state index contributed by atoms with van der Waals surface area (Å²) in [6.45, 7) is 5.82. The summed E-state index contributed by atoms with van der Waals surface area (Å²) >= 11 is 6.36. The van der Waals surface area contributed by atoms with Crippen molar-refractivity contribution in [1.29, 1.82) is 0 Å². The summed E-state index contributed by atoms with van der Waals surface area (Å²) in [5.74, 6) is 0.0506. The van der Waals surface area contributed by atoms with E-state index in [1.807, 2.05) is 49.4 Å². The molecule has 1 N–H and O–H groups in total. The first-order valence-electron chi connectivity index (χ1n) is 11.5. The van der Waals surface area contributed by atoms with Crippen LogP contribution >= 0.6 is 11.6 Å². The minimum absolute atomic E-state index is 0.0433. The summed E-state index contributed by atoms with van der Waals surface area (Å²) in [7, 11) is 1.59. The Bertz CT molecular complexity index is 1190. The SMILES string of the molecule is C=C(C)[C@H]1C[C@H](c2cccc(Cl)c2)[C@H](c2ccccc2)O[C@@H]1c1cc(OC)ccc1OCC(=O)O. The molecular weight excluding hydrogens is 464 g/mol. The number of ether oxygens (including phenoxy) is 3. The van der Waals surface area contributed by atoms with E-state index >= 15 is 0 Å². The lowest BCUT2D eigenvalue weighted by Gasteiger charge is -2.43. The summed E-state index contributed by atoms with van der Waals surface area (Å²) < 4.78 is 18.0. The highest BCUT2D eigenvalue weighted by molar-refractivity contribution is 6.30. The van der Waals surface area contributed by atoms with Crippen LogP contribution in [0.4, 0.5) is 0 Å². The van der Waals surface area contributed by atoms with Crippen LogP contribution in [0.2, 0.25) is 5.02 Å². The van der Waals surface area contributed by atoms with Crippen molar-refractivity contribution >= 4 is 17.6 Å². The second-order valence-electron chi connectivity index (χ2n) is 8.82. The number of carboxylic acids is 1. The van der Waals surface area contributed by atoms with Crippen molar-refractivity contribution in [2.75, 3.05) is 13.7 Å². The first kappa shape index (κ1) is 24.8. The number of carboxylic acid groups (broad SMARTS) is 1. The van der Waals surface area contributed by atoms with Gasteiger partial charge < -0.3 is 19.3 Å². The number of methoxy groups -OCH3 is 1. The first-order valence-corrected chi connectivity index (χ1v) is 11.9. The van der Waals surface area contributed by atoms with E-state index in [-0.39, 0.29) is 17.9 Å². The highest BCUT2D eigenvalue weighted by Gasteiger charge is 2.41. The predicted molar refractivity (Wildman–Crippen MR) is 136 cm³/mol. The van der Waals surface area contributed by atoms with Crippen LogP contribution in [-0.4, -0.2) is 24.8 Å². The van der Waals surface area contributed by atoms with Gasteiger partial charge in [0.05, 0.1) is 19.3 Å². The highest BCUT2D eigenvalue weighted by atomic mass is 35.5. The van der Waals surface area contributed by atoms with Crippen LogP contribution in [0.15, 0.2) is 84.9 Å². The quantitative estimate of drug-likeness (QED) is 0.343. The van der Waals surface area contributed by atoms with Gasteiger partial charge in [-0.05, 0) is 54.8 Å². The molecule has 3 aromatic rings. The van der Waals surface area contributed by atoms with Gasteiger partial charge in [-0.2, -0.15) is 0 Å². The molecule has 0 radical (unpaired) electrons. The van der Waals surface area contributed by atoms with Crippen LogP contribution in [0.1, 0.15) is 48.2 Å². The Hall–Kier alpha value is -3.28. The molecule has 0 unspecified atom stereocenters. The van der Waals surface area contributed by atoms with Gasteiger partial charge in [-0.25, -0.2) is 4.79 Å². The standard InChI is InChI=1S/C29H29ClO5/c1-18(2)23-16-24(20-10-7-11-21(30)14-20)28(19-8-5-4-6-9-19)35-29(23)25-15-22(33-3)12-13-26(25)34-17-27(31)32/h4-15,23-24,28-29H,1,16-17H2,2-3H3,(H,31,32)/t23-,24-,28+,29+/m1/s1. The molecule has 1 heterocycles. The van der Waals surface area contributed by atoms with Gasteiger partial charge in [-0.1, -0.05) is 66.2 Å². The molecule has 35 heavy (non-hydrogen) atoms. The van der Waals surface area contributed by atoms with E-state index in [2.05, 4.69) is 24.8 Å². The molecule has 182 valence electrons. The average Bonchev–Trinajstić information content (AvgIpc) is 2.87. The molecule has 1 aliphatic heterocycles. The number of benzene rings is 3. The Morgan fingerprint density at radius 3 is 2.46 bits per heavy atom. The van der Waals surface area contributed by atoms with Crippen molar-refractivity contribution in [2.24, 2.45) is 5.92 Å². The Balaban J connectivity index is 1.81. The molecule has 5 nitrogen and oxygen atoms in total. The predicted octanol–water partition coefficient (Wildman–Crippen LogP) is 6.99. The van der Waals surface area contributed by atoms with Gasteiger partial charge in [0, 0.05) is 22.4 Å². The maximum atomic E-state index is 11.2. The molecule has 0 saturated carbocycles. The smallest absolute Gasteiger partial charge is 0.341 e. The van der Waals surface area contributed by atoms with Crippen molar-refractivity contribution in [3.05, 3.63) is 107 Å². The maximum absolute atomic E-state index is 11.2. The molecule has 0 aliphatic carbocycles. The minimum Gasteiger partial charge on any atom is -0.497 e. The number of aliphatic carboxylic acids is 1. The van der Waals surface area contributed by atoms with Gasteiger partial charge in [-0.3, -0.25) is 0 Å². The molecule has 1 aliphatic rings. The fourth-order valence-electron chi connectivity index (χ4n) is 4.77. The van der Waals surface area contributed by atoms with E-state index < -0.39 is 18.7 Å². The number of hydrogen-bond donors (Lipinski definition) is 1. The zero-order valence-electron chi connectivity index (χ0n) is 19.8. The molecule has 0 spiro atoms. The van der Waals surface area contributed by atoms with Crippen LogP contribution in [0.3, 0.4) is 0 Å². The lowest BCUT2D eigenvalue weighted by Crippen LogP contribution is -2.32. The third-order valence-electron chi connectivity index (χ3n) is 6.44. The van der Waals surface area contributed by atoms with Gasteiger partial charge in [-0.15, -0.1) is 0 Å². The van der Waals surface area contributed by atoms with E-state index in [1.165, 1.54) is 0 Å². The summed E-state index contributed by atoms with van der Waals surface area (Å²) in [5.41, 5.74) is 3.87. The van der Waals surface area contributed by atoms with Crippen LogP contribution < -0.4 is 9.47 Å². The normalized spacial score (nSPS) is 21.8. The van der Waals surface area contributed by atoms with Crippen LogP contribution in [0, 0.1) is 5.92 Å². The number of hydrogen-bond acceptors (Lipinski definition) is 4. The van der Waals surface area contributed by atoms with Gasteiger partial charge in [0.25, 0.3) is 0 Å². The van der Waals surface area contributed by atoms with E-state index in [9.17, 15) is 9.90 Å². The maximum Gasteiger partial charge on any atom is 0.341 e. The largest absolute Gasteiger partial charge is 0.497 e. The van der Waals surface area contributed by atoms with E-state index in [0.29, 0.717) is 16.5 Å². The molecule has 1 fully saturated rings. The van der Waals surface area contributed by atoms with Crippen molar-refractivity contribution in [1.82, 2.24) is 0 Å². The molecule has 4 rings (SSSR count). The monoisotopic (exact) mass is 492 g/mol. The lowest BCUT2D eigenvalue weighted by molar-refractivity contribution is -0.139. The summed E-state index contributed by atoms with van der Waals surface area (Å²) in [6.07, 6.45) is 0.107. The van der Waals surface area contributed by atoms with Crippen LogP contribution in [-0.2, 0) is 9.53 Å². The van der Waals surface area contributed by atoms with Gasteiger partial charge in [0.2, 0.25) is 0 Å². The second-order valence-corrected chi connectivity index (χ2v) is 9.26. The zero-order valence-corrected chi connectivity index (χ0v) is 20.6. The van der Waals surface area contributed by atoms with Gasteiger partial charge in [0.15, 0.2) is 6.61 Å². The first-order chi connectivity index (χ1) is 16.9. The summed E-state index contributed by atoms with van der Waals surface area (Å²) in [6, 6.07) is 23.4. The molecule has 6 heteroatoms. The molecule has 0 aromatic heterocycles. The van der Waals surface area contributed by atoms with Crippen LogP contribution in [0.25, 0.3) is 0 Å². The number of carbonyl (C=O) groups is 1. The van der Waals surface area contributed by atoms with Crippen molar-refractivity contribution in [3.63, 3.8) is 0 Å². The molecule has 0 bridgehead atoms. The van der Waals surface area contributed by atoms with Crippen molar-refractivity contribution in [3.8, 4) is 11.5 Å². The van der Waals surface area contributed by atoms with E-state index in [1.54, 1.807) is 19.2 Å². The van der Waals surface area contributed by atoms with E-state index in [0.717, 1.165) is 28.7 Å². The third kappa shape index (κ3) is 5.69. The molecule has 0 amide bonds. The second kappa shape index (κ2) is 11.0. The van der Waals surface area contributed by atoms with Gasteiger partial charge in [0.1, 0.15) is 11.5 Å². The average molecular weight is 493 g/mol. The molecule has 3 aromatic carbocycles. The molecule has 4 atom stereocenters. The Labute approximate surface area is 210 Å². The Morgan fingerprint density at radius 2 is 1.80 bits per heavy atom. The van der Waals surface area contributed by atoms with Crippen molar-refractivity contribution < 1.29 is 24.1 Å². The fraction of sp³-hybridized carbons (Fsp3) is 0.276. The Kier molecular flexibility index (Phi) is 7.79. The van der Waals surface area contributed by atoms with Crippen molar-refractivity contribution in [2.45, 2.75) is 31.5 Å². The highest BCUT2D eigenvalue weighted by Crippen LogP contribution is 2.53. The van der Waals surface area contributed by atoms with Crippen LogP contribution in [0.5, 0.6) is 11.5 Å². The van der Waals surface area contributed by atoms with E-state index in [4.69, 9.17) is 25.8 Å². The Morgan fingerprint density at radius 1 is 1.06 bits per heavy atom. The summed E-state index contributed by atoms with van der Waals surface area (Å²) in [5, 5.41) is 9.87. The van der Waals surface area contributed by atoms with Gasteiger partial charge >= 0.3 is 5.97 Å². The zero-order chi connectivity index (χ0) is 24.9. The lowest BCUT2D eigenvalue weighted by atomic mass is 9.74. The summed E-state index contributed by atoms with van der Waals surface area (Å²) in [4.78, 5) is 11.2. The topological polar surface area (TPSA) is 65.0 Å². The fourth-order valence-corrected chi connectivity index (χ4v) is 4.97. The number of rotatable bonds is 8. The minimum atomic E-state index is -1.05. The molecule has 1 saturated heterocycles. The third-order valence-corrected chi connectivity index (χ3v) is 6.68.